The average Bonchev–Trinajstić information content (AvgIpc) is 3.09. The third-order valence-corrected chi connectivity index (χ3v) is 4.69. The van der Waals surface area contributed by atoms with Gasteiger partial charge in [0.25, 0.3) is 0 Å². The van der Waals surface area contributed by atoms with E-state index in [1.165, 1.54) is 44.9 Å². The molecule has 0 spiro atoms. The van der Waals surface area contributed by atoms with E-state index in [0.29, 0.717) is 6.04 Å². The van der Waals surface area contributed by atoms with Crippen LogP contribution in [-0.2, 0) is 0 Å². The number of fused-ring (bicyclic) bond motifs is 1. The van der Waals surface area contributed by atoms with Crippen LogP contribution >= 0.6 is 0 Å². The van der Waals surface area contributed by atoms with Crippen LogP contribution in [0, 0.1) is 23.7 Å². The van der Waals surface area contributed by atoms with E-state index < -0.39 is 0 Å². The van der Waals surface area contributed by atoms with Gasteiger partial charge < -0.3 is 0 Å². The zero-order chi connectivity index (χ0) is 9.54. The fraction of sp³-hybridized carbons (Fsp3) is 1.00. The van der Waals surface area contributed by atoms with Crippen LogP contribution in [0.4, 0.5) is 0 Å². The van der Waals surface area contributed by atoms with Gasteiger partial charge in [-0.25, -0.2) is 0 Å². The molecule has 0 bridgehead atoms. The monoisotopic (exact) mass is 194 g/mol. The molecule has 0 aromatic heterocycles. The molecule has 80 valence electrons. The molecule has 3 aliphatic rings. The Balaban J connectivity index is 1.57. The summed E-state index contributed by atoms with van der Waals surface area (Å²) in [6, 6.07) is 0.649. The number of nitrogens with two attached hydrogens (primary N) is 1. The zero-order valence-electron chi connectivity index (χ0n) is 8.91. The van der Waals surface area contributed by atoms with Gasteiger partial charge in [0, 0.05) is 6.04 Å². The Labute approximate surface area is 86.6 Å². The lowest BCUT2D eigenvalue weighted by Crippen LogP contribution is -2.38. The molecule has 3 unspecified atom stereocenters. The van der Waals surface area contributed by atoms with Crippen LogP contribution < -0.4 is 11.3 Å². The Hall–Kier alpha value is -0.0800. The minimum Gasteiger partial charge on any atom is -0.271 e. The van der Waals surface area contributed by atoms with E-state index in [1.807, 2.05) is 0 Å². The fourth-order valence-corrected chi connectivity index (χ4v) is 3.69. The third-order valence-electron chi connectivity index (χ3n) is 4.69. The maximum Gasteiger partial charge on any atom is 0.0246 e. The van der Waals surface area contributed by atoms with Gasteiger partial charge in [-0.15, -0.1) is 0 Å². The summed E-state index contributed by atoms with van der Waals surface area (Å²) in [6.07, 6.45) is 10.2. The van der Waals surface area contributed by atoms with Gasteiger partial charge in [-0.3, -0.25) is 11.3 Å². The number of hydrazine groups is 1. The highest BCUT2D eigenvalue weighted by atomic mass is 15.2. The highest BCUT2D eigenvalue weighted by Gasteiger charge is 2.54. The summed E-state index contributed by atoms with van der Waals surface area (Å²) in [5.74, 6) is 9.74. The second-order valence-corrected chi connectivity index (χ2v) is 5.64. The number of hydrogen-bond donors (Lipinski definition) is 2. The molecule has 0 amide bonds. The molecular weight excluding hydrogens is 172 g/mol. The summed E-state index contributed by atoms with van der Waals surface area (Å²) in [7, 11) is 0. The summed E-state index contributed by atoms with van der Waals surface area (Å²) < 4.78 is 0. The first-order valence-electron chi connectivity index (χ1n) is 6.36. The van der Waals surface area contributed by atoms with Gasteiger partial charge in [0.05, 0.1) is 0 Å². The number of nitrogens with one attached hydrogen (secondary N) is 1. The first-order chi connectivity index (χ1) is 6.90. The molecule has 0 saturated heterocycles. The summed E-state index contributed by atoms with van der Waals surface area (Å²) in [5, 5.41) is 0. The Bertz CT molecular complexity index is 200. The van der Waals surface area contributed by atoms with E-state index in [0.717, 1.165) is 23.7 Å². The molecule has 3 N–H and O–H groups in total. The van der Waals surface area contributed by atoms with Crippen LogP contribution in [0.1, 0.15) is 44.9 Å². The zero-order valence-corrected chi connectivity index (χ0v) is 8.91. The van der Waals surface area contributed by atoms with Crippen molar-refractivity contribution in [3.8, 4) is 0 Å². The summed E-state index contributed by atoms with van der Waals surface area (Å²) in [6.45, 7) is 0. The van der Waals surface area contributed by atoms with Crippen molar-refractivity contribution in [3.63, 3.8) is 0 Å². The molecule has 0 heterocycles. The first-order valence-corrected chi connectivity index (χ1v) is 6.36. The maximum atomic E-state index is 5.69. The topological polar surface area (TPSA) is 38.0 Å². The largest absolute Gasteiger partial charge is 0.271 e. The van der Waals surface area contributed by atoms with Crippen molar-refractivity contribution >= 4 is 0 Å². The first kappa shape index (κ1) is 9.17. The maximum absolute atomic E-state index is 5.69. The van der Waals surface area contributed by atoms with Gasteiger partial charge in [-0.1, -0.05) is 25.7 Å². The van der Waals surface area contributed by atoms with Crippen LogP contribution in [0.2, 0.25) is 0 Å². The lowest BCUT2D eigenvalue weighted by molar-refractivity contribution is 0.396. The van der Waals surface area contributed by atoms with Gasteiger partial charge >= 0.3 is 0 Å². The Kier molecular flexibility index (Phi) is 2.29. The highest BCUT2D eigenvalue weighted by molar-refractivity contribution is 5.05. The number of rotatable bonds is 4. The molecule has 0 aromatic carbocycles. The van der Waals surface area contributed by atoms with Crippen LogP contribution in [0.5, 0.6) is 0 Å². The van der Waals surface area contributed by atoms with Crippen molar-refractivity contribution < 1.29 is 0 Å². The Morgan fingerprint density at radius 3 is 2.21 bits per heavy atom. The standard InChI is InChI=1S/C12H22N2/c13-14-11(7-8-5-6-8)12-9-3-1-2-4-10(9)12/h8-12,14H,1-7,13H2. The van der Waals surface area contributed by atoms with Gasteiger partial charge in [0.1, 0.15) is 0 Å². The van der Waals surface area contributed by atoms with Crippen molar-refractivity contribution in [3.05, 3.63) is 0 Å². The quantitative estimate of drug-likeness (QED) is 0.531. The molecule has 3 atom stereocenters. The smallest absolute Gasteiger partial charge is 0.0246 e. The molecule has 3 saturated carbocycles. The molecular formula is C12H22N2. The summed E-state index contributed by atoms with van der Waals surface area (Å²) >= 11 is 0. The fourth-order valence-electron chi connectivity index (χ4n) is 3.69. The van der Waals surface area contributed by atoms with Gasteiger partial charge in [0.15, 0.2) is 0 Å². The van der Waals surface area contributed by atoms with E-state index in [-0.39, 0.29) is 0 Å². The van der Waals surface area contributed by atoms with E-state index in [1.54, 1.807) is 0 Å². The SMILES string of the molecule is NNC(CC1CC1)C1C2CCCCC21. The molecule has 0 aromatic rings. The molecule has 3 rings (SSSR count). The van der Waals surface area contributed by atoms with Crippen molar-refractivity contribution in [1.82, 2.24) is 5.43 Å². The molecule has 0 aliphatic heterocycles. The summed E-state index contributed by atoms with van der Waals surface area (Å²) in [5.41, 5.74) is 3.09. The second kappa shape index (κ2) is 3.49. The number of hydrogen-bond acceptors (Lipinski definition) is 2. The molecule has 2 heteroatoms. The van der Waals surface area contributed by atoms with Crippen LogP contribution in [-0.4, -0.2) is 6.04 Å². The van der Waals surface area contributed by atoms with Crippen molar-refractivity contribution in [1.29, 1.82) is 0 Å². The van der Waals surface area contributed by atoms with E-state index in [9.17, 15) is 0 Å². The molecule has 2 nitrogen and oxygen atoms in total. The molecule has 0 radical (unpaired) electrons. The van der Waals surface area contributed by atoms with Gasteiger partial charge in [-0.05, 0) is 42.9 Å². The third kappa shape index (κ3) is 1.59. The lowest BCUT2D eigenvalue weighted by Gasteiger charge is -2.15. The Morgan fingerprint density at radius 2 is 1.71 bits per heavy atom. The normalized spacial score (nSPS) is 43.1. The molecule has 3 fully saturated rings. The van der Waals surface area contributed by atoms with Crippen molar-refractivity contribution in [2.45, 2.75) is 51.0 Å². The Morgan fingerprint density at radius 1 is 1.07 bits per heavy atom. The minimum absolute atomic E-state index is 0.649. The van der Waals surface area contributed by atoms with E-state index >= 15 is 0 Å². The predicted octanol–water partition coefficient (Wildman–Crippen LogP) is 2.05. The minimum atomic E-state index is 0.649. The predicted molar refractivity (Wildman–Crippen MR) is 57.4 cm³/mol. The highest BCUT2D eigenvalue weighted by Crippen LogP contribution is 2.58. The van der Waals surface area contributed by atoms with Crippen LogP contribution in [0.15, 0.2) is 0 Å². The molecule has 3 aliphatic carbocycles. The second-order valence-electron chi connectivity index (χ2n) is 5.64. The van der Waals surface area contributed by atoms with E-state index in [2.05, 4.69) is 5.43 Å². The van der Waals surface area contributed by atoms with Crippen molar-refractivity contribution in [2.24, 2.45) is 29.5 Å². The lowest BCUT2D eigenvalue weighted by atomic mass is 10.0. The van der Waals surface area contributed by atoms with Gasteiger partial charge in [-0.2, -0.15) is 0 Å². The summed E-state index contributed by atoms with van der Waals surface area (Å²) in [4.78, 5) is 0. The molecule has 14 heavy (non-hydrogen) atoms. The average molecular weight is 194 g/mol. The van der Waals surface area contributed by atoms with E-state index in [4.69, 9.17) is 5.84 Å². The van der Waals surface area contributed by atoms with Crippen LogP contribution in [0.3, 0.4) is 0 Å². The van der Waals surface area contributed by atoms with Crippen LogP contribution in [0.25, 0.3) is 0 Å². The van der Waals surface area contributed by atoms with Gasteiger partial charge in [0.2, 0.25) is 0 Å². The van der Waals surface area contributed by atoms with Crippen molar-refractivity contribution in [2.75, 3.05) is 0 Å².